The molecule has 7 nitrogen and oxygen atoms in total. The fourth-order valence-corrected chi connectivity index (χ4v) is 3.69. The van der Waals surface area contributed by atoms with Crippen molar-refractivity contribution in [1.29, 1.82) is 0 Å². The normalized spacial score (nSPS) is 11.1. The lowest BCUT2D eigenvalue weighted by Gasteiger charge is -2.10. The van der Waals surface area contributed by atoms with Gasteiger partial charge in [0.2, 0.25) is 15.9 Å². The Morgan fingerprint density at radius 1 is 1.14 bits per heavy atom. The molecule has 2 aromatic carbocycles. The molecule has 4 N–H and O–H groups in total. The first-order valence-corrected chi connectivity index (χ1v) is 11.1. The molecule has 2 aromatic rings. The summed E-state index contributed by atoms with van der Waals surface area (Å²) in [6.45, 7) is 2.15. The molecular formula is C17H17Cl2N3O4S2. The summed E-state index contributed by atoms with van der Waals surface area (Å²) in [7, 11) is -3.89. The summed E-state index contributed by atoms with van der Waals surface area (Å²) in [4.78, 5) is 23.8. The van der Waals surface area contributed by atoms with Crippen LogP contribution in [0.4, 0.5) is 10.5 Å². The second-order valence-corrected chi connectivity index (χ2v) is 9.01. The van der Waals surface area contributed by atoms with Crippen LogP contribution in [0.1, 0.15) is 11.1 Å². The molecule has 0 atom stereocenters. The molecular weight excluding hydrogens is 445 g/mol. The molecule has 0 aliphatic carbocycles. The first-order chi connectivity index (χ1) is 13.1. The fourth-order valence-electron chi connectivity index (χ4n) is 2.15. The van der Waals surface area contributed by atoms with E-state index in [1.54, 1.807) is 12.1 Å². The van der Waals surface area contributed by atoms with Gasteiger partial charge in [0.05, 0.1) is 21.4 Å². The van der Waals surface area contributed by atoms with Crippen LogP contribution < -0.4 is 15.8 Å². The average molecular weight is 462 g/mol. The van der Waals surface area contributed by atoms with Gasteiger partial charge in [-0.3, -0.25) is 9.59 Å². The molecule has 0 fully saturated rings. The molecule has 150 valence electrons. The highest BCUT2D eigenvalue weighted by molar-refractivity contribution is 8.14. The molecule has 0 aromatic heterocycles. The van der Waals surface area contributed by atoms with E-state index in [0.29, 0.717) is 11.6 Å². The molecule has 0 bridgehead atoms. The topological polar surface area (TPSA) is 118 Å². The number of primary sulfonamides is 1. The third-order valence-corrected chi connectivity index (χ3v) is 6.13. The number of benzene rings is 2. The van der Waals surface area contributed by atoms with Crippen molar-refractivity contribution < 1.29 is 18.0 Å². The van der Waals surface area contributed by atoms with Gasteiger partial charge in [0.15, 0.2) is 0 Å². The molecule has 2 amide bonds. The second kappa shape index (κ2) is 9.62. The van der Waals surface area contributed by atoms with Gasteiger partial charge in [-0.1, -0.05) is 47.1 Å². The molecule has 0 spiro atoms. The van der Waals surface area contributed by atoms with Crippen LogP contribution in [-0.4, -0.2) is 25.3 Å². The van der Waals surface area contributed by atoms with Gasteiger partial charge < -0.3 is 10.6 Å². The molecule has 0 aliphatic rings. The van der Waals surface area contributed by atoms with Crippen LogP contribution in [0.25, 0.3) is 0 Å². The number of nitrogens with two attached hydrogens (primary N) is 1. The number of amides is 2. The van der Waals surface area contributed by atoms with Gasteiger partial charge in [0.1, 0.15) is 0 Å². The Hall–Kier alpha value is -1.78. The smallest absolute Gasteiger partial charge is 0.279 e. The third kappa shape index (κ3) is 6.39. The van der Waals surface area contributed by atoms with Gasteiger partial charge in [-0.2, -0.15) is 0 Å². The van der Waals surface area contributed by atoms with E-state index in [1.165, 1.54) is 12.1 Å². The highest BCUT2D eigenvalue weighted by Gasteiger charge is 2.13. The van der Waals surface area contributed by atoms with Crippen molar-refractivity contribution in [1.82, 2.24) is 5.32 Å². The number of halogens is 2. The van der Waals surface area contributed by atoms with E-state index in [2.05, 4.69) is 10.6 Å². The number of hydrogen-bond donors (Lipinski definition) is 3. The highest BCUT2D eigenvalue weighted by Crippen LogP contribution is 2.25. The van der Waals surface area contributed by atoms with Crippen LogP contribution in [0.2, 0.25) is 10.0 Å². The lowest BCUT2D eigenvalue weighted by atomic mass is 10.1. The minimum Gasteiger partial charge on any atom is -0.343 e. The molecule has 11 heteroatoms. The molecule has 0 saturated heterocycles. The van der Waals surface area contributed by atoms with Gasteiger partial charge in [-0.25, -0.2) is 13.6 Å². The number of carbonyl (C=O) groups is 2. The van der Waals surface area contributed by atoms with Crippen molar-refractivity contribution in [3.63, 3.8) is 0 Å². The van der Waals surface area contributed by atoms with Crippen molar-refractivity contribution in [2.75, 3.05) is 11.1 Å². The predicted octanol–water partition coefficient (Wildman–Crippen LogP) is 3.53. The first-order valence-electron chi connectivity index (χ1n) is 7.84. The summed E-state index contributed by atoms with van der Waals surface area (Å²) >= 11 is 12.8. The van der Waals surface area contributed by atoms with Crippen LogP contribution in [-0.2, 0) is 21.4 Å². The largest absolute Gasteiger partial charge is 0.343 e. The maximum absolute atomic E-state index is 12.0. The highest BCUT2D eigenvalue weighted by atomic mass is 35.5. The van der Waals surface area contributed by atoms with Gasteiger partial charge >= 0.3 is 0 Å². The molecule has 0 heterocycles. The van der Waals surface area contributed by atoms with Crippen LogP contribution in [0.3, 0.4) is 0 Å². The Labute approximate surface area is 177 Å². The summed E-state index contributed by atoms with van der Waals surface area (Å²) in [6, 6.07) is 9.10. The fraction of sp³-hybridized carbons (Fsp3) is 0.176. The molecule has 0 aliphatic heterocycles. The summed E-state index contributed by atoms with van der Waals surface area (Å²) in [5, 5.41) is 10.5. The van der Waals surface area contributed by atoms with E-state index < -0.39 is 15.9 Å². The van der Waals surface area contributed by atoms with Crippen molar-refractivity contribution in [2.24, 2.45) is 5.14 Å². The zero-order valence-electron chi connectivity index (χ0n) is 14.7. The lowest BCUT2D eigenvalue weighted by molar-refractivity contribution is -0.113. The summed E-state index contributed by atoms with van der Waals surface area (Å²) in [5.74, 6) is -0.613. The van der Waals surface area contributed by atoms with E-state index in [0.717, 1.165) is 29.0 Å². The summed E-state index contributed by atoms with van der Waals surface area (Å²) < 4.78 is 22.6. The number of thioether (sulfide) groups is 1. The zero-order chi connectivity index (χ0) is 20.9. The van der Waals surface area contributed by atoms with E-state index >= 15 is 0 Å². The number of sulfonamides is 1. The second-order valence-electron chi connectivity index (χ2n) is 5.69. The molecule has 0 unspecified atom stereocenters. The Morgan fingerprint density at radius 3 is 2.50 bits per heavy atom. The Morgan fingerprint density at radius 2 is 1.86 bits per heavy atom. The molecule has 2 rings (SSSR count). The van der Waals surface area contributed by atoms with Crippen molar-refractivity contribution in [2.45, 2.75) is 18.4 Å². The predicted molar refractivity (Wildman–Crippen MR) is 112 cm³/mol. The van der Waals surface area contributed by atoms with E-state index in [4.69, 9.17) is 28.3 Å². The minimum atomic E-state index is -3.89. The Bertz CT molecular complexity index is 1010. The maximum Gasteiger partial charge on any atom is 0.279 e. The van der Waals surface area contributed by atoms with Crippen LogP contribution in [0.15, 0.2) is 41.3 Å². The number of anilines is 1. The number of carbonyl (C=O) groups excluding carboxylic acids is 2. The number of nitrogens with one attached hydrogen (secondary N) is 2. The maximum atomic E-state index is 12.0. The Balaban J connectivity index is 1.85. The lowest BCUT2D eigenvalue weighted by Crippen LogP contribution is -2.22. The van der Waals surface area contributed by atoms with Gasteiger partial charge in [0, 0.05) is 11.6 Å². The zero-order valence-corrected chi connectivity index (χ0v) is 17.8. The monoisotopic (exact) mass is 461 g/mol. The van der Waals surface area contributed by atoms with Crippen molar-refractivity contribution >= 4 is 61.8 Å². The molecule has 0 saturated carbocycles. The number of hydrogen-bond acceptors (Lipinski definition) is 5. The summed E-state index contributed by atoms with van der Waals surface area (Å²) in [6.07, 6.45) is 0. The quantitative estimate of drug-likeness (QED) is 0.607. The van der Waals surface area contributed by atoms with E-state index in [-0.39, 0.29) is 26.6 Å². The van der Waals surface area contributed by atoms with Crippen molar-refractivity contribution in [3.05, 3.63) is 57.6 Å². The summed E-state index contributed by atoms with van der Waals surface area (Å²) in [5.41, 5.74) is 1.98. The van der Waals surface area contributed by atoms with Crippen LogP contribution in [0, 0.1) is 6.92 Å². The average Bonchev–Trinajstić information content (AvgIpc) is 2.62. The van der Waals surface area contributed by atoms with Crippen LogP contribution in [0.5, 0.6) is 0 Å². The standard InChI is InChI=1S/C17H17Cl2N3O4S2/c1-10-11(3-2-4-13(10)18)8-21-17(24)27-9-16(23)22-15-6-5-12(7-14(15)19)28(20,25)26/h2-7H,8-9H2,1H3,(H,21,24)(H,22,23)(H2,20,25,26). The van der Waals surface area contributed by atoms with Gasteiger partial charge in [-0.05, 0) is 42.3 Å². The van der Waals surface area contributed by atoms with E-state index in [9.17, 15) is 18.0 Å². The first kappa shape index (κ1) is 22.5. The van der Waals surface area contributed by atoms with Crippen molar-refractivity contribution in [3.8, 4) is 0 Å². The molecule has 28 heavy (non-hydrogen) atoms. The Kier molecular flexibility index (Phi) is 7.73. The third-order valence-electron chi connectivity index (χ3n) is 3.68. The van der Waals surface area contributed by atoms with Gasteiger partial charge in [-0.15, -0.1) is 0 Å². The van der Waals surface area contributed by atoms with E-state index in [1.807, 2.05) is 13.0 Å². The minimum absolute atomic E-state index is 0.0192. The van der Waals surface area contributed by atoms with Gasteiger partial charge in [0.25, 0.3) is 5.24 Å². The SMILES string of the molecule is Cc1c(Cl)cccc1CNC(=O)SCC(=O)Nc1ccc(S(N)(=O)=O)cc1Cl. The number of rotatable bonds is 6. The molecule has 0 radical (unpaired) electrons. The van der Waals surface area contributed by atoms with Crippen LogP contribution >= 0.6 is 35.0 Å².